The monoisotopic (exact) mass is 235 g/mol. The lowest BCUT2D eigenvalue weighted by Gasteiger charge is -2.15. The van der Waals surface area contributed by atoms with Crippen LogP contribution in [0.5, 0.6) is 5.75 Å². The zero-order valence-electron chi connectivity index (χ0n) is 11.3. The molecule has 0 aliphatic carbocycles. The maximum absolute atomic E-state index is 5.34. The molecule has 0 aliphatic heterocycles. The molecule has 0 saturated heterocycles. The SMILES string of the molecule is CCCCC[C@@H](C)NCc1ccccc1OC. The van der Waals surface area contributed by atoms with Gasteiger partial charge in [-0.2, -0.15) is 0 Å². The van der Waals surface area contributed by atoms with E-state index in [9.17, 15) is 0 Å². The van der Waals surface area contributed by atoms with Crippen molar-refractivity contribution in [2.45, 2.75) is 52.1 Å². The van der Waals surface area contributed by atoms with E-state index in [2.05, 4.69) is 31.3 Å². The van der Waals surface area contributed by atoms with Gasteiger partial charge >= 0.3 is 0 Å². The molecule has 0 aromatic heterocycles. The Morgan fingerprint density at radius 1 is 1.24 bits per heavy atom. The molecule has 1 atom stereocenters. The van der Waals surface area contributed by atoms with Gasteiger partial charge in [-0.3, -0.25) is 0 Å². The Labute approximate surface area is 105 Å². The summed E-state index contributed by atoms with van der Waals surface area (Å²) in [6.45, 7) is 5.38. The molecule has 0 spiro atoms. The molecule has 0 saturated carbocycles. The van der Waals surface area contributed by atoms with E-state index in [0.29, 0.717) is 6.04 Å². The molecule has 0 aliphatic rings. The minimum atomic E-state index is 0.575. The van der Waals surface area contributed by atoms with Crippen LogP contribution in [-0.2, 0) is 6.54 Å². The Kier molecular flexibility index (Phi) is 6.71. The number of unbranched alkanes of at least 4 members (excludes halogenated alkanes) is 2. The molecule has 0 bridgehead atoms. The van der Waals surface area contributed by atoms with Gasteiger partial charge in [-0.15, -0.1) is 0 Å². The normalized spacial score (nSPS) is 12.4. The van der Waals surface area contributed by atoms with Crippen LogP contribution in [0.15, 0.2) is 24.3 Å². The van der Waals surface area contributed by atoms with Gasteiger partial charge in [-0.25, -0.2) is 0 Å². The molecule has 1 aromatic carbocycles. The molecule has 0 unspecified atom stereocenters. The van der Waals surface area contributed by atoms with Crippen molar-refractivity contribution in [1.29, 1.82) is 0 Å². The Balaban J connectivity index is 2.33. The lowest BCUT2D eigenvalue weighted by molar-refractivity contribution is 0.404. The number of ether oxygens (including phenoxy) is 1. The molecule has 0 radical (unpaired) electrons. The summed E-state index contributed by atoms with van der Waals surface area (Å²) in [4.78, 5) is 0. The predicted octanol–water partition coefficient (Wildman–Crippen LogP) is 3.75. The van der Waals surface area contributed by atoms with Crippen molar-refractivity contribution in [3.63, 3.8) is 0 Å². The van der Waals surface area contributed by atoms with Gasteiger partial charge in [0.1, 0.15) is 5.75 Å². The van der Waals surface area contributed by atoms with E-state index in [-0.39, 0.29) is 0 Å². The molecule has 0 heterocycles. The third kappa shape index (κ3) is 5.22. The summed E-state index contributed by atoms with van der Waals surface area (Å²) in [7, 11) is 1.73. The van der Waals surface area contributed by atoms with Crippen LogP contribution in [0.2, 0.25) is 0 Å². The van der Waals surface area contributed by atoms with Crippen LogP contribution in [-0.4, -0.2) is 13.2 Å². The topological polar surface area (TPSA) is 21.3 Å². The fourth-order valence-corrected chi connectivity index (χ4v) is 1.94. The lowest BCUT2D eigenvalue weighted by Crippen LogP contribution is -2.25. The quantitative estimate of drug-likeness (QED) is 0.693. The predicted molar refractivity (Wildman–Crippen MR) is 73.4 cm³/mol. The van der Waals surface area contributed by atoms with Gasteiger partial charge < -0.3 is 10.1 Å². The van der Waals surface area contributed by atoms with Crippen molar-refractivity contribution in [3.8, 4) is 5.75 Å². The lowest BCUT2D eigenvalue weighted by atomic mass is 10.1. The van der Waals surface area contributed by atoms with Gasteiger partial charge in [-0.05, 0) is 19.4 Å². The first-order valence-electron chi connectivity index (χ1n) is 6.63. The first-order valence-corrected chi connectivity index (χ1v) is 6.63. The van der Waals surface area contributed by atoms with Crippen LogP contribution < -0.4 is 10.1 Å². The van der Waals surface area contributed by atoms with Gasteiger partial charge in [0.15, 0.2) is 0 Å². The van der Waals surface area contributed by atoms with E-state index in [4.69, 9.17) is 4.74 Å². The maximum atomic E-state index is 5.34. The average Bonchev–Trinajstić information content (AvgIpc) is 2.37. The highest BCUT2D eigenvalue weighted by Gasteiger charge is 2.04. The van der Waals surface area contributed by atoms with Gasteiger partial charge in [-0.1, -0.05) is 44.4 Å². The summed E-state index contributed by atoms with van der Waals surface area (Å²) in [5.74, 6) is 0.973. The highest BCUT2D eigenvalue weighted by molar-refractivity contribution is 5.32. The summed E-state index contributed by atoms with van der Waals surface area (Å²) in [5.41, 5.74) is 1.23. The fraction of sp³-hybridized carbons (Fsp3) is 0.600. The molecule has 2 heteroatoms. The van der Waals surface area contributed by atoms with Crippen molar-refractivity contribution < 1.29 is 4.74 Å². The first-order chi connectivity index (χ1) is 8.27. The van der Waals surface area contributed by atoms with Crippen molar-refractivity contribution >= 4 is 0 Å². The van der Waals surface area contributed by atoms with Crippen LogP contribution in [0, 0.1) is 0 Å². The number of benzene rings is 1. The average molecular weight is 235 g/mol. The molecule has 0 fully saturated rings. The van der Waals surface area contributed by atoms with Gasteiger partial charge in [0, 0.05) is 18.2 Å². The largest absolute Gasteiger partial charge is 0.496 e. The van der Waals surface area contributed by atoms with Crippen molar-refractivity contribution in [3.05, 3.63) is 29.8 Å². The van der Waals surface area contributed by atoms with E-state index < -0.39 is 0 Å². The zero-order chi connectivity index (χ0) is 12.5. The van der Waals surface area contributed by atoms with Crippen LogP contribution in [0.3, 0.4) is 0 Å². The van der Waals surface area contributed by atoms with Crippen molar-refractivity contribution in [1.82, 2.24) is 5.32 Å². The van der Waals surface area contributed by atoms with Crippen LogP contribution in [0.25, 0.3) is 0 Å². The molecule has 1 N–H and O–H groups in total. The molecule has 2 nitrogen and oxygen atoms in total. The standard InChI is InChI=1S/C15H25NO/c1-4-5-6-9-13(2)16-12-14-10-7-8-11-15(14)17-3/h7-8,10-11,13,16H,4-6,9,12H2,1-3H3/t13-/m1/s1. The minimum absolute atomic E-state index is 0.575. The zero-order valence-corrected chi connectivity index (χ0v) is 11.3. The molecular formula is C15H25NO. The third-order valence-electron chi connectivity index (χ3n) is 3.07. The second-order valence-electron chi connectivity index (χ2n) is 4.59. The molecule has 0 amide bonds. The van der Waals surface area contributed by atoms with Crippen LogP contribution in [0.1, 0.15) is 45.1 Å². The van der Waals surface area contributed by atoms with Crippen molar-refractivity contribution in [2.24, 2.45) is 0 Å². The highest BCUT2D eigenvalue weighted by Crippen LogP contribution is 2.17. The van der Waals surface area contributed by atoms with E-state index in [1.54, 1.807) is 7.11 Å². The Hall–Kier alpha value is -1.02. The Morgan fingerprint density at radius 2 is 2.00 bits per heavy atom. The van der Waals surface area contributed by atoms with Gasteiger partial charge in [0.05, 0.1) is 7.11 Å². The number of methoxy groups -OCH3 is 1. The molecule has 17 heavy (non-hydrogen) atoms. The summed E-state index contributed by atoms with van der Waals surface area (Å²) in [6, 6.07) is 8.77. The van der Waals surface area contributed by atoms with E-state index >= 15 is 0 Å². The second kappa shape index (κ2) is 8.13. The van der Waals surface area contributed by atoms with Crippen LogP contribution in [0.4, 0.5) is 0 Å². The fourth-order valence-electron chi connectivity index (χ4n) is 1.94. The van der Waals surface area contributed by atoms with Crippen LogP contribution >= 0.6 is 0 Å². The number of hydrogen-bond acceptors (Lipinski definition) is 2. The van der Waals surface area contributed by atoms with E-state index in [0.717, 1.165) is 12.3 Å². The summed E-state index contributed by atoms with van der Waals surface area (Å²) >= 11 is 0. The Bertz CT molecular complexity index is 312. The number of rotatable bonds is 8. The first kappa shape index (κ1) is 14.0. The van der Waals surface area contributed by atoms with E-state index in [1.807, 2.05) is 12.1 Å². The second-order valence-corrected chi connectivity index (χ2v) is 4.59. The Morgan fingerprint density at radius 3 is 2.71 bits per heavy atom. The smallest absolute Gasteiger partial charge is 0.123 e. The van der Waals surface area contributed by atoms with Crippen molar-refractivity contribution in [2.75, 3.05) is 7.11 Å². The minimum Gasteiger partial charge on any atom is -0.496 e. The molecule has 96 valence electrons. The summed E-state index contributed by atoms with van der Waals surface area (Å²) in [5, 5.41) is 3.55. The summed E-state index contributed by atoms with van der Waals surface area (Å²) in [6.07, 6.45) is 5.19. The summed E-state index contributed by atoms with van der Waals surface area (Å²) < 4.78 is 5.34. The van der Waals surface area contributed by atoms with Gasteiger partial charge in [0.2, 0.25) is 0 Å². The molecule has 1 rings (SSSR count). The number of para-hydroxylation sites is 1. The molecule has 1 aromatic rings. The third-order valence-corrected chi connectivity index (χ3v) is 3.07. The highest BCUT2D eigenvalue weighted by atomic mass is 16.5. The number of hydrogen-bond donors (Lipinski definition) is 1. The number of nitrogens with one attached hydrogen (secondary N) is 1. The maximum Gasteiger partial charge on any atom is 0.123 e. The van der Waals surface area contributed by atoms with Gasteiger partial charge in [0.25, 0.3) is 0 Å². The molecular weight excluding hydrogens is 210 g/mol. The van der Waals surface area contributed by atoms with E-state index in [1.165, 1.54) is 31.2 Å².